The van der Waals surface area contributed by atoms with E-state index >= 15 is 4.39 Å². The number of nitrogens with zero attached hydrogens (tertiary/aromatic N) is 5. The number of fused-ring (bicyclic) bond motifs is 2. The number of nitrogen functional groups attached to an aromatic ring is 1. The Morgan fingerprint density at radius 2 is 1.93 bits per heavy atom. The normalized spacial score (nSPS) is 23.7. The van der Waals surface area contributed by atoms with Crippen LogP contribution in [0.15, 0.2) is 48.8 Å². The summed E-state index contributed by atoms with van der Waals surface area (Å²) in [6.45, 7) is 5.40. The highest BCUT2D eigenvalue weighted by Crippen LogP contribution is 2.49. The van der Waals surface area contributed by atoms with Crippen molar-refractivity contribution in [2.75, 3.05) is 31.3 Å². The first-order valence-electron chi connectivity index (χ1n) is 14.3. The fraction of sp³-hybridized carbons (Fsp3) is 0.448. The lowest BCUT2D eigenvalue weighted by Gasteiger charge is -2.26. The first-order chi connectivity index (χ1) is 21.2. The minimum absolute atomic E-state index is 0.0605. The van der Waals surface area contributed by atoms with Gasteiger partial charge in [-0.2, -0.15) is 15.1 Å². The summed E-state index contributed by atoms with van der Waals surface area (Å²) in [5.41, 5.74) is 4.08. The number of hydrogen-bond acceptors (Lipinski definition) is 12. The smallest absolute Gasteiger partial charge is 0.459 e. The van der Waals surface area contributed by atoms with E-state index in [1.807, 2.05) is 18.2 Å². The monoisotopic (exact) mass is 645 g/mol. The summed E-state index contributed by atoms with van der Waals surface area (Å²) in [5.74, 6) is -0.116. The van der Waals surface area contributed by atoms with Gasteiger partial charge in [0.25, 0.3) is 0 Å². The van der Waals surface area contributed by atoms with E-state index in [0.29, 0.717) is 16.7 Å². The molecule has 1 aliphatic heterocycles. The SMILES string of the molecule is CC(C)OC(=O)[C@H](C)N[P@](=O)(OC[C@H]1O[C@@H](n2cnc3c(N(C)C)nc(N)nc32)[C@](C)(F)[C@@H]1O)Oc1cccc2ccccc12. The summed E-state index contributed by atoms with van der Waals surface area (Å²) in [5, 5.41) is 15.1. The molecule has 2 aromatic heterocycles. The van der Waals surface area contributed by atoms with E-state index in [-0.39, 0.29) is 17.3 Å². The van der Waals surface area contributed by atoms with E-state index in [9.17, 15) is 14.5 Å². The zero-order valence-electron chi connectivity index (χ0n) is 25.7. The average molecular weight is 646 g/mol. The number of benzene rings is 2. The van der Waals surface area contributed by atoms with Gasteiger partial charge in [0.1, 0.15) is 24.0 Å². The second-order valence-corrected chi connectivity index (χ2v) is 13.1. The number of anilines is 2. The lowest BCUT2D eigenvalue weighted by atomic mass is 9.98. The minimum atomic E-state index is -4.39. The molecule has 1 aliphatic rings. The van der Waals surface area contributed by atoms with Gasteiger partial charge in [-0.05, 0) is 39.1 Å². The number of esters is 1. The van der Waals surface area contributed by atoms with Gasteiger partial charge in [-0.3, -0.25) is 13.9 Å². The Hall–Kier alpha value is -3.88. The van der Waals surface area contributed by atoms with Crippen LogP contribution in [0.2, 0.25) is 0 Å². The van der Waals surface area contributed by atoms with Gasteiger partial charge in [0, 0.05) is 19.5 Å². The maximum absolute atomic E-state index is 16.2. The summed E-state index contributed by atoms with van der Waals surface area (Å²) in [4.78, 5) is 27.0. The van der Waals surface area contributed by atoms with Crippen molar-refractivity contribution in [3.8, 4) is 5.75 Å². The first kappa shape index (κ1) is 32.5. The number of aliphatic hydroxyl groups excluding tert-OH is 1. The van der Waals surface area contributed by atoms with Gasteiger partial charge < -0.3 is 29.7 Å². The molecule has 0 saturated carbocycles. The van der Waals surface area contributed by atoms with E-state index in [1.54, 1.807) is 57.1 Å². The molecule has 1 saturated heterocycles. The summed E-state index contributed by atoms with van der Waals surface area (Å²) in [7, 11) is -0.892. The molecule has 14 nitrogen and oxygen atoms in total. The number of ether oxygens (including phenoxy) is 2. The van der Waals surface area contributed by atoms with Crippen molar-refractivity contribution in [3.05, 3.63) is 48.8 Å². The van der Waals surface area contributed by atoms with Crippen molar-refractivity contribution in [2.45, 2.75) is 63.9 Å². The zero-order valence-corrected chi connectivity index (χ0v) is 26.6. The molecule has 0 aliphatic carbocycles. The Balaban J connectivity index is 1.42. The van der Waals surface area contributed by atoms with Crippen LogP contribution >= 0.6 is 7.75 Å². The molecule has 4 N–H and O–H groups in total. The summed E-state index contributed by atoms with van der Waals surface area (Å²) < 4.78 is 54.7. The molecule has 0 amide bonds. The zero-order chi connectivity index (χ0) is 32.7. The van der Waals surface area contributed by atoms with Crippen LogP contribution in [-0.4, -0.2) is 81.3 Å². The Kier molecular flexibility index (Phi) is 9.02. The lowest BCUT2D eigenvalue weighted by molar-refractivity contribution is -0.149. The number of aliphatic hydroxyl groups is 1. The Morgan fingerprint density at radius 3 is 2.64 bits per heavy atom. The largest absolute Gasteiger partial charge is 0.462 e. The highest BCUT2D eigenvalue weighted by Gasteiger charge is 2.56. The van der Waals surface area contributed by atoms with E-state index in [2.05, 4.69) is 20.0 Å². The molecular weight excluding hydrogens is 608 g/mol. The van der Waals surface area contributed by atoms with Crippen LogP contribution in [0, 0.1) is 0 Å². The highest BCUT2D eigenvalue weighted by atomic mass is 31.2. The molecule has 0 bridgehead atoms. The number of nitrogens with two attached hydrogens (primary N) is 1. The molecule has 3 heterocycles. The Labute approximate surface area is 259 Å². The number of halogens is 1. The molecule has 16 heteroatoms. The number of carbonyl (C=O) groups excluding carboxylic acids is 1. The molecule has 0 spiro atoms. The molecule has 6 atom stereocenters. The van der Waals surface area contributed by atoms with Gasteiger partial charge in [0.2, 0.25) is 5.95 Å². The van der Waals surface area contributed by atoms with Crippen molar-refractivity contribution < 1.29 is 37.4 Å². The van der Waals surface area contributed by atoms with Gasteiger partial charge in [0.15, 0.2) is 28.9 Å². The van der Waals surface area contributed by atoms with Gasteiger partial charge >= 0.3 is 13.7 Å². The first-order valence-corrected chi connectivity index (χ1v) is 15.8. The second-order valence-electron chi connectivity index (χ2n) is 11.4. The topological polar surface area (TPSA) is 176 Å². The van der Waals surface area contributed by atoms with Gasteiger partial charge in [-0.25, -0.2) is 13.9 Å². The van der Waals surface area contributed by atoms with Gasteiger partial charge in [-0.1, -0.05) is 36.4 Å². The number of rotatable bonds is 11. The minimum Gasteiger partial charge on any atom is -0.462 e. The van der Waals surface area contributed by atoms with Crippen LogP contribution in [0.5, 0.6) is 5.75 Å². The number of aromatic nitrogens is 4. The molecule has 0 radical (unpaired) electrons. The third kappa shape index (κ3) is 6.58. The Morgan fingerprint density at radius 1 is 1.22 bits per heavy atom. The van der Waals surface area contributed by atoms with Crippen molar-refractivity contribution >= 4 is 47.4 Å². The Bertz CT molecular complexity index is 1750. The fourth-order valence-corrected chi connectivity index (χ4v) is 6.56. The molecule has 1 fully saturated rings. The molecular formula is C29H37FN7O7P. The molecule has 0 unspecified atom stereocenters. The average Bonchev–Trinajstić information content (AvgIpc) is 3.48. The molecule has 45 heavy (non-hydrogen) atoms. The highest BCUT2D eigenvalue weighted by molar-refractivity contribution is 7.52. The third-order valence-electron chi connectivity index (χ3n) is 7.25. The van der Waals surface area contributed by atoms with Crippen LogP contribution in [0.4, 0.5) is 16.2 Å². The maximum atomic E-state index is 16.2. The van der Waals surface area contributed by atoms with Crippen molar-refractivity contribution in [2.24, 2.45) is 0 Å². The third-order valence-corrected chi connectivity index (χ3v) is 8.88. The van der Waals surface area contributed by atoms with E-state index in [1.165, 1.54) is 24.7 Å². The maximum Gasteiger partial charge on any atom is 0.459 e. The fourth-order valence-electron chi connectivity index (χ4n) is 5.04. The number of alkyl halides is 1. The number of nitrogens with one attached hydrogen (secondary N) is 1. The molecule has 242 valence electrons. The lowest BCUT2D eigenvalue weighted by Crippen LogP contribution is -2.41. The van der Waals surface area contributed by atoms with Crippen LogP contribution in [0.25, 0.3) is 21.9 Å². The summed E-state index contributed by atoms with van der Waals surface area (Å²) in [6, 6.07) is 11.3. The van der Waals surface area contributed by atoms with Crippen molar-refractivity contribution in [1.29, 1.82) is 0 Å². The van der Waals surface area contributed by atoms with Gasteiger partial charge in [0.05, 0.1) is 19.0 Å². The molecule has 5 rings (SSSR count). The molecule has 2 aromatic carbocycles. The second kappa shape index (κ2) is 12.5. The van der Waals surface area contributed by atoms with Crippen LogP contribution < -0.4 is 20.2 Å². The number of carbonyl (C=O) groups is 1. The van der Waals surface area contributed by atoms with Crippen molar-refractivity contribution in [1.82, 2.24) is 24.6 Å². The van der Waals surface area contributed by atoms with Gasteiger partial charge in [-0.15, -0.1) is 0 Å². The van der Waals surface area contributed by atoms with E-state index in [4.69, 9.17) is 24.3 Å². The van der Waals surface area contributed by atoms with E-state index in [0.717, 1.165) is 5.39 Å². The number of imidazole rings is 1. The van der Waals surface area contributed by atoms with Crippen LogP contribution in [-0.2, 0) is 23.4 Å². The summed E-state index contributed by atoms with van der Waals surface area (Å²) in [6.07, 6.45) is -3.57. The predicted molar refractivity (Wildman–Crippen MR) is 165 cm³/mol. The molecule has 4 aromatic rings. The van der Waals surface area contributed by atoms with E-state index < -0.39 is 56.6 Å². The quantitative estimate of drug-likeness (QED) is 0.159. The standard InChI is InChI=1S/C29H37FN7O7P/c1-16(2)42-26(39)17(3)35-45(40,44-20-13-9-11-18-10-7-8-12-19(18)20)41-14-21-23(38)29(4,30)27(43-21)37-15-32-22-24(36(5)6)33-28(31)34-25(22)37/h7-13,15-17,21,23,27,38H,14H2,1-6H3,(H,35,40)(H2,31,33,34)/t17-,21+,23+,27+,29+,45-/m0/s1. The van der Waals surface area contributed by atoms with Crippen LogP contribution in [0.1, 0.15) is 33.9 Å². The predicted octanol–water partition coefficient (Wildman–Crippen LogP) is 3.75. The van der Waals surface area contributed by atoms with Crippen molar-refractivity contribution in [3.63, 3.8) is 0 Å². The van der Waals surface area contributed by atoms with Crippen LogP contribution in [0.3, 0.4) is 0 Å². The number of hydrogen-bond donors (Lipinski definition) is 3. The summed E-state index contributed by atoms with van der Waals surface area (Å²) >= 11 is 0.